The SMILES string of the molecule is c1ccc(-c2ccc3c(c2)c2cccc4c2n3-c2c3c(cc5c2oc2ccccc25)-c2cccc5c6ccccc6n(c25)B34)cc1. The van der Waals surface area contributed by atoms with E-state index in [-0.39, 0.29) is 6.85 Å². The summed E-state index contributed by atoms with van der Waals surface area (Å²) >= 11 is 0. The van der Waals surface area contributed by atoms with E-state index < -0.39 is 0 Å². The number of hydrogen-bond donors (Lipinski definition) is 0. The number of furan rings is 1. The minimum atomic E-state index is 0.00835. The summed E-state index contributed by atoms with van der Waals surface area (Å²) < 4.78 is 12.0. The highest BCUT2D eigenvalue weighted by Crippen LogP contribution is 2.46. The van der Waals surface area contributed by atoms with Gasteiger partial charge in [0.15, 0.2) is 5.58 Å². The molecule has 0 radical (unpaired) electrons. The van der Waals surface area contributed by atoms with Crippen LogP contribution in [0, 0.1) is 0 Å². The topological polar surface area (TPSA) is 23.0 Å². The van der Waals surface area contributed by atoms with Gasteiger partial charge in [-0.3, -0.25) is 0 Å². The quantitative estimate of drug-likeness (QED) is 0.177. The lowest BCUT2D eigenvalue weighted by Crippen LogP contribution is -2.55. The van der Waals surface area contributed by atoms with Gasteiger partial charge >= 0.3 is 6.85 Å². The average Bonchev–Trinajstić information content (AvgIpc) is 3.77. The zero-order chi connectivity index (χ0) is 29.7. The zero-order valence-corrected chi connectivity index (χ0v) is 24.7. The van der Waals surface area contributed by atoms with E-state index in [9.17, 15) is 0 Å². The van der Waals surface area contributed by atoms with Crippen LogP contribution in [-0.2, 0) is 0 Å². The highest BCUT2D eigenvalue weighted by Gasteiger charge is 2.42. The first-order valence-electron chi connectivity index (χ1n) is 16.0. The third-order valence-electron chi connectivity index (χ3n) is 10.7. The number of rotatable bonds is 1. The molecule has 210 valence electrons. The second kappa shape index (κ2) is 7.98. The number of para-hydroxylation sites is 4. The van der Waals surface area contributed by atoms with Gasteiger partial charge in [-0.2, -0.15) is 0 Å². The van der Waals surface area contributed by atoms with Gasteiger partial charge in [-0.05, 0) is 57.9 Å². The van der Waals surface area contributed by atoms with Crippen LogP contribution in [0.5, 0.6) is 0 Å². The maximum atomic E-state index is 6.88. The summed E-state index contributed by atoms with van der Waals surface area (Å²) in [5.74, 6) is 0. The van der Waals surface area contributed by atoms with Gasteiger partial charge in [-0.1, -0.05) is 109 Å². The molecule has 2 aliphatic rings. The van der Waals surface area contributed by atoms with Crippen molar-refractivity contribution in [1.29, 1.82) is 0 Å². The summed E-state index contributed by atoms with van der Waals surface area (Å²) in [6.07, 6.45) is 0. The molecule has 7 aromatic carbocycles. The highest BCUT2D eigenvalue weighted by molar-refractivity contribution is 6.90. The van der Waals surface area contributed by atoms with Crippen LogP contribution in [0.15, 0.2) is 144 Å². The molecule has 3 nitrogen and oxygen atoms in total. The lowest BCUT2D eigenvalue weighted by molar-refractivity contribution is 0.667. The van der Waals surface area contributed by atoms with Crippen LogP contribution in [0.2, 0.25) is 0 Å². The van der Waals surface area contributed by atoms with E-state index in [1.54, 1.807) is 0 Å². The van der Waals surface area contributed by atoms with E-state index in [0.717, 1.165) is 16.6 Å². The largest absolute Gasteiger partial charge is 0.454 e. The van der Waals surface area contributed by atoms with Gasteiger partial charge in [0.2, 0.25) is 0 Å². The molecule has 10 aromatic rings. The van der Waals surface area contributed by atoms with Gasteiger partial charge < -0.3 is 13.5 Å². The first kappa shape index (κ1) is 23.4. The summed E-state index contributed by atoms with van der Waals surface area (Å²) in [6.45, 7) is 0.00835. The van der Waals surface area contributed by atoms with Gasteiger partial charge in [-0.15, -0.1) is 0 Å². The Kier molecular flexibility index (Phi) is 4.06. The Morgan fingerprint density at radius 3 is 2.15 bits per heavy atom. The molecule has 0 saturated heterocycles. The Balaban J connectivity index is 1.34. The Labute approximate surface area is 263 Å². The third kappa shape index (κ3) is 2.62. The van der Waals surface area contributed by atoms with Gasteiger partial charge in [0.05, 0.1) is 16.7 Å². The predicted molar refractivity (Wildman–Crippen MR) is 192 cm³/mol. The van der Waals surface area contributed by atoms with Crippen LogP contribution < -0.4 is 10.9 Å². The molecule has 3 aromatic heterocycles. The minimum Gasteiger partial charge on any atom is -0.454 e. The smallest absolute Gasteiger partial charge is 0.333 e. The molecule has 0 amide bonds. The van der Waals surface area contributed by atoms with Crippen molar-refractivity contribution in [3.63, 3.8) is 0 Å². The van der Waals surface area contributed by atoms with E-state index in [1.807, 2.05) is 0 Å². The maximum Gasteiger partial charge on any atom is 0.333 e. The summed E-state index contributed by atoms with van der Waals surface area (Å²) in [5, 5.41) is 7.47. The molecule has 0 bridgehead atoms. The molecule has 2 aliphatic heterocycles. The molecule has 0 aliphatic carbocycles. The molecule has 46 heavy (non-hydrogen) atoms. The molecule has 0 unspecified atom stereocenters. The Bertz CT molecular complexity index is 2980. The number of aromatic nitrogens is 2. The Morgan fingerprint density at radius 1 is 0.478 bits per heavy atom. The van der Waals surface area contributed by atoms with Crippen molar-refractivity contribution in [2.24, 2.45) is 0 Å². The molecule has 0 saturated carbocycles. The van der Waals surface area contributed by atoms with Crippen LogP contribution in [-0.4, -0.2) is 15.9 Å². The van der Waals surface area contributed by atoms with Gasteiger partial charge in [0.1, 0.15) is 5.58 Å². The lowest BCUT2D eigenvalue weighted by atomic mass is 9.45. The number of hydrogen-bond acceptors (Lipinski definition) is 1. The molecule has 0 fully saturated rings. The summed E-state index contributed by atoms with van der Waals surface area (Å²) in [5.41, 5.74) is 15.8. The number of fused-ring (bicyclic) bond motifs is 14. The van der Waals surface area contributed by atoms with Gasteiger partial charge in [0.25, 0.3) is 0 Å². The van der Waals surface area contributed by atoms with Crippen molar-refractivity contribution in [3.05, 3.63) is 140 Å². The number of benzene rings is 7. The maximum absolute atomic E-state index is 6.88. The molecular formula is C42H23BN2O. The van der Waals surface area contributed by atoms with Crippen molar-refractivity contribution in [1.82, 2.24) is 9.05 Å². The van der Waals surface area contributed by atoms with E-state index in [0.29, 0.717) is 0 Å². The Morgan fingerprint density at radius 2 is 1.24 bits per heavy atom. The first-order chi connectivity index (χ1) is 22.8. The van der Waals surface area contributed by atoms with Crippen LogP contribution in [0.4, 0.5) is 0 Å². The fourth-order valence-electron chi connectivity index (χ4n) is 8.90. The van der Waals surface area contributed by atoms with E-state index in [4.69, 9.17) is 4.42 Å². The zero-order valence-electron chi connectivity index (χ0n) is 24.7. The molecular weight excluding hydrogens is 559 g/mol. The molecule has 0 atom stereocenters. The summed E-state index contributed by atoms with van der Waals surface area (Å²) in [7, 11) is 0. The average molecular weight is 582 g/mol. The highest BCUT2D eigenvalue weighted by atomic mass is 16.3. The predicted octanol–water partition coefficient (Wildman–Crippen LogP) is 9.41. The van der Waals surface area contributed by atoms with Crippen molar-refractivity contribution in [2.45, 2.75) is 0 Å². The lowest BCUT2D eigenvalue weighted by Gasteiger charge is -2.34. The third-order valence-corrected chi connectivity index (χ3v) is 10.7. The minimum absolute atomic E-state index is 0.00835. The fourth-order valence-corrected chi connectivity index (χ4v) is 8.90. The molecule has 0 spiro atoms. The summed E-state index contributed by atoms with van der Waals surface area (Å²) in [6, 6.07) is 51.2. The molecule has 5 heterocycles. The van der Waals surface area contributed by atoms with Crippen molar-refractivity contribution in [3.8, 4) is 27.9 Å². The van der Waals surface area contributed by atoms with E-state index >= 15 is 0 Å². The normalized spacial score (nSPS) is 13.2. The van der Waals surface area contributed by atoms with E-state index in [1.165, 1.54) is 87.9 Å². The molecule has 4 heteroatoms. The van der Waals surface area contributed by atoms with Crippen LogP contribution >= 0.6 is 0 Å². The molecule has 0 N–H and O–H groups in total. The standard InChI is InChI=1S/C42H23BN2O/c1-2-10-24(11-3-1)25-20-21-35-31(22-25)29-16-9-17-34-40(29)44(35)41-38-32(23-33-27-13-5-7-19-37(27)46-42(33)41)30-15-8-14-28-26-12-4-6-18-36(26)45(39(28)30)43(34)38/h1-23H. The van der Waals surface area contributed by atoms with Gasteiger partial charge in [-0.25, -0.2) is 0 Å². The Hall–Kier alpha value is -6.00. The number of nitrogens with zero attached hydrogens (tertiary/aromatic N) is 2. The second-order valence-electron chi connectivity index (χ2n) is 12.8. The monoisotopic (exact) mass is 582 g/mol. The van der Waals surface area contributed by atoms with Crippen LogP contribution in [0.1, 0.15) is 0 Å². The van der Waals surface area contributed by atoms with Crippen molar-refractivity contribution in [2.75, 3.05) is 0 Å². The van der Waals surface area contributed by atoms with Crippen LogP contribution in [0.3, 0.4) is 0 Å². The first-order valence-corrected chi connectivity index (χ1v) is 16.0. The van der Waals surface area contributed by atoms with Gasteiger partial charge in [0, 0.05) is 48.9 Å². The fraction of sp³-hybridized carbons (Fsp3) is 0. The van der Waals surface area contributed by atoms with Crippen molar-refractivity contribution < 1.29 is 4.42 Å². The molecule has 12 rings (SSSR count). The summed E-state index contributed by atoms with van der Waals surface area (Å²) in [4.78, 5) is 0. The van der Waals surface area contributed by atoms with E-state index in [2.05, 4.69) is 149 Å². The second-order valence-corrected chi connectivity index (χ2v) is 12.8. The van der Waals surface area contributed by atoms with Crippen LogP contribution in [0.25, 0.3) is 93.5 Å². The van der Waals surface area contributed by atoms with Crippen molar-refractivity contribution >= 4 is 83.3 Å².